The van der Waals surface area contributed by atoms with Crippen molar-refractivity contribution in [1.82, 2.24) is 24.7 Å². The summed E-state index contributed by atoms with van der Waals surface area (Å²) in [4.78, 5) is 20.1. The van der Waals surface area contributed by atoms with Gasteiger partial charge in [0.1, 0.15) is 11.5 Å². The molecule has 1 aromatic carbocycles. The highest BCUT2D eigenvalue weighted by atomic mass is 32.1. The molecule has 0 aliphatic rings. The Bertz CT molecular complexity index is 1110. The Balaban J connectivity index is 1.87. The molecule has 4 aromatic rings. The molecule has 0 aliphatic carbocycles. The molecule has 3 aromatic heterocycles. The first-order valence-corrected chi connectivity index (χ1v) is 7.46. The number of carbonyl (C=O) groups excluding carboxylic acids is 1. The van der Waals surface area contributed by atoms with Gasteiger partial charge in [-0.15, -0.1) is 0 Å². The Morgan fingerprint density at radius 2 is 2.00 bits per heavy atom. The normalized spacial score (nSPS) is 11.0. The van der Waals surface area contributed by atoms with Crippen LogP contribution in [0.25, 0.3) is 16.7 Å². The van der Waals surface area contributed by atoms with Gasteiger partial charge in [0.05, 0.1) is 11.3 Å². The second-order valence-electron chi connectivity index (χ2n) is 5.10. The number of aromatic nitrogens is 5. The molecular weight excluding hydrogens is 329 g/mol. The fourth-order valence-corrected chi connectivity index (χ4v) is 2.78. The summed E-state index contributed by atoms with van der Waals surface area (Å²) in [6.45, 7) is 0. The molecule has 4 rings (SSSR count). The lowest BCUT2D eigenvalue weighted by molar-refractivity contribution is 0.102. The minimum Gasteiger partial charge on any atom is -0.345 e. The Hall–Kier alpha value is -3.13. The van der Waals surface area contributed by atoms with E-state index in [1.807, 2.05) is 0 Å². The van der Waals surface area contributed by atoms with Crippen molar-refractivity contribution in [1.29, 1.82) is 0 Å². The minimum absolute atomic E-state index is 0.122. The summed E-state index contributed by atoms with van der Waals surface area (Å²) in [7, 11) is 0. The van der Waals surface area contributed by atoms with E-state index in [9.17, 15) is 9.18 Å². The first kappa shape index (κ1) is 14.5. The third-order valence-electron chi connectivity index (χ3n) is 3.66. The molecule has 24 heavy (non-hydrogen) atoms. The van der Waals surface area contributed by atoms with E-state index in [4.69, 9.17) is 12.2 Å². The van der Waals surface area contributed by atoms with Crippen LogP contribution in [0.4, 0.5) is 4.39 Å². The molecule has 0 atom stereocenters. The lowest BCUT2D eigenvalue weighted by Crippen LogP contribution is -2.10. The summed E-state index contributed by atoms with van der Waals surface area (Å²) in [6, 6.07) is 9.23. The maximum absolute atomic E-state index is 13.1. The fourth-order valence-electron chi connectivity index (χ4n) is 2.54. The Labute approximate surface area is 140 Å². The van der Waals surface area contributed by atoms with Gasteiger partial charge in [0.2, 0.25) is 11.6 Å². The third-order valence-corrected chi connectivity index (χ3v) is 3.93. The summed E-state index contributed by atoms with van der Waals surface area (Å²) in [5.74, 6) is -0.563. The minimum atomic E-state index is -0.371. The molecule has 0 bridgehead atoms. The molecule has 3 heterocycles. The van der Waals surface area contributed by atoms with Crippen LogP contribution < -0.4 is 0 Å². The van der Waals surface area contributed by atoms with Gasteiger partial charge in [0.15, 0.2) is 4.77 Å². The van der Waals surface area contributed by atoms with Crippen LogP contribution in [0.2, 0.25) is 0 Å². The maximum Gasteiger partial charge on any atom is 0.232 e. The second-order valence-corrected chi connectivity index (χ2v) is 5.48. The Kier molecular flexibility index (Phi) is 3.31. The van der Waals surface area contributed by atoms with Gasteiger partial charge in [-0.2, -0.15) is 5.10 Å². The predicted molar refractivity (Wildman–Crippen MR) is 88.2 cm³/mol. The second kappa shape index (κ2) is 5.50. The standard InChI is InChI=1S/C16H10FN5OS/c17-9-3-5-10(6-4-9)22-15(20-21-16(22)24)13(23)12-8-19-14-11(12)2-1-7-18-14/h1-8H,(H,18,19)(H,21,24). The summed E-state index contributed by atoms with van der Waals surface area (Å²) in [5, 5.41) is 7.36. The number of ketones is 1. The highest BCUT2D eigenvalue weighted by Crippen LogP contribution is 2.20. The first-order valence-electron chi connectivity index (χ1n) is 7.05. The van der Waals surface area contributed by atoms with Crippen LogP contribution >= 0.6 is 12.2 Å². The number of nitrogens with one attached hydrogen (secondary N) is 2. The van der Waals surface area contributed by atoms with E-state index in [1.54, 1.807) is 24.5 Å². The van der Waals surface area contributed by atoms with Crippen LogP contribution in [-0.4, -0.2) is 30.5 Å². The molecule has 0 unspecified atom stereocenters. The number of H-pyrrole nitrogens is 2. The van der Waals surface area contributed by atoms with Crippen molar-refractivity contribution in [3.63, 3.8) is 0 Å². The van der Waals surface area contributed by atoms with Crippen molar-refractivity contribution >= 4 is 29.0 Å². The SMILES string of the molecule is O=C(c1c[nH]c2ncccc12)c1n[nH]c(=S)n1-c1ccc(F)cc1. The first-order chi connectivity index (χ1) is 11.6. The number of carbonyl (C=O) groups is 1. The quantitative estimate of drug-likeness (QED) is 0.444. The zero-order chi connectivity index (χ0) is 16.7. The molecule has 0 saturated carbocycles. The van der Waals surface area contributed by atoms with E-state index < -0.39 is 0 Å². The van der Waals surface area contributed by atoms with Crippen LogP contribution in [0.3, 0.4) is 0 Å². The highest BCUT2D eigenvalue weighted by molar-refractivity contribution is 7.71. The lowest BCUT2D eigenvalue weighted by Gasteiger charge is -2.05. The van der Waals surface area contributed by atoms with Crippen LogP contribution in [0.5, 0.6) is 0 Å². The predicted octanol–water partition coefficient (Wildman–Crippen LogP) is 3.18. The molecule has 0 fully saturated rings. The van der Waals surface area contributed by atoms with Crippen LogP contribution in [0, 0.1) is 10.6 Å². The van der Waals surface area contributed by atoms with Crippen molar-refractivity contribution < 1.29 is 9.18 Å². The number of hydrogen-bond donors (Lipinski definition) is 2. The van der Waals surface area contributed by atoms with E-state index >= 15 is 0 Å². The zero-order valence-electron chi connectivity index (χ0n) is 12.2. The van der Waals surface area contributed by atoms with Gasteiger partial charge < -0.3 is 4.98 Å². The van der Waals surface area contributed by atoms with Gasteiger partial charge in [-0.3, -0.25) is 14.5 Å². The molecule has 2 N–H and O–H groups in total. The van der Waals surface area contributed by atoms with E-state index in [-0.39, 0.29) is 22.2 Å². The molecule has 0 saturated heterocycles. The number of aromatic amines is 2. The van der Waals surface area contributed by atoms with Crippen molar-refractivity contribution in [2.45, 2.75) is 0 Å². The average Bonchev–Trinajstić information content (AvgIpc) is 3.19. The number of pyridine rings is 1. The third kappa shape index (κ3) is 2.24. The monoisotopic (exact) mass is 339 g/mol. The molecule has 0 aliphatic heterocycles. The molecule has 0 radical (unpaired) electrons. The molecule has 0 amide bonds. The van der Waals surface area contributed by atoms with Gasteiger partial charge in [0.25, 0.3) is 0 Å². The molecule has 6 nitrogen and oxygen atoms in total. The lowest BCUT2D eigenvalue weighted by atomic mass is 10.1. The van der Waals surface area contributed by atoms with E-state index in [2.05, 4.69) is 20.2 Å². The molecular formula is C16H10FN5OS. The van der Waals surface area contributed by atoms with Crippen molar-refractivity contribution in [2.75, 3.05) is 0 Å². The highest BCUT2D eigenvalue weighted by Gasteiger charge is 2.21. The van der Waals surface area contributed by atoms with E-state index in [1.165, 1.54) is 28.8 Å². The van der Waals surface area contributed by atoms with Gasteiger partial charge >= 0.3 is 0 Å². The summed E-state index contributed by atoms with van der Waals surface area (Å²) < 4.78 is 14.9. The van der Waals surface area contributed by atoms with Gasteiger partial charge in [0, 0.05) is 17.8 Å². The van der Waals surface area contributed by atoms with Crippen LogP contribution in [0.1, 0.15) is 16.2 Å². The summed E-state index contributed by atoms with van der Waals surface area (Å²) in [5.41, 5.74) is 1.61. The number of fused-ring (bicyclic) bond motifs is 1. The summed E-state index contributed by atoms with van der Waals surface area (Å²) in [6.07, 6.45) is 3.23. The number of rotatable bonds is 3. The molecule has 0 spiro atoms. The van der Waals surface area contributed by atoms with E-state index in [0.29, 0.717) is 22.3 Å². The van der Waals surface area contributed by atoms with Gasteiger partial charge in [-0.25, -0.2) is 9.37 Å². The number of hydrogen-bond acceptors (Lipinski definition) is 4. The van der Waals surface area contributed by atoms with Crippen molar-refractivity contribution in [3.8, 4) is 5.69 Å². The van der Waals surface area contributed by atoms with Crippen molar-refractivity contribution in [2.24, 2.45) is 0 Å². The number of benzene rings is 1. The smallest absolute Gasteiger partial charge is 0.232 e. The largest absolute Gasteiger partial charge is 0.345 e. The van der Waals surface area contributed by atoms with Crippen LogP contribution in [-0.2, 0) is 0 Å². The average molecular weight is 339 g/mol. The topological polar surface area (TPSA) is 79.4 Å². The van der Waals surface area contributed by atoms with Crippen molar-refractivity contribution in [3.05, 3.63) is 70.8 Å². The molecule has 118 valence electrons. The van der Waals surface area contributed by atoms with Crippen LogP contribution in [0.15, 0.2) is 48.8 Å². The Morgan fingerprint density at radius 1 is 1.21 bits per heavy atom. The zero-order valence-corrected chi connectivity index (χ0v) is 13.0. The number of halogens is 1. The number of nitrogens with zero attached hydrogens (tertiary/aromatic N) is 3. The summed E-state index contributed by atoms with van der Waals surface area (Å²) >= 11 is 5.21. The molecule has 8 heteroatoms. The van der Waals surface area contributed by atoms with E-state index in [0.717, 1.165) is 0 Å². The Morgan fingerprint density at radius 3 is 2.79 bits per heavy atom. The maximum atomic E-state index is 13.1. The fraction of sp³-hybridized carbons (Fsp3) is 0. The van der Waals surface area contributed by atoms with Gasteiger partial charge in [-0.1, -0.05) is 0 Å². The van der Waals surface area contributed by atoms with Gasteiger partial charge in [-0.05, 0) is 48.6 Å².